The molecule has 2 aromatic carbocycles. The lowest BCUT2D eigenvalue weighted by molar-refractivity contribution is -0.120. The van der Waals surface area contributed by atoms with E-state index in [2.05, 4.69) is 45.4 Å². The molecule has 3 aromatic heterocycles. The van der Waals surface area contributed by atoms with Gasteiger partial charge in [-0.05, 0) is 101 Å². The molecular weight excluding hydrogens is 1350 g/mol. The second-order valence-corrected chi connectivity index (χ2v) is 24.7. The van der Waals surface area contributed by atoms with Crippen LogP contribution < -0.4 is 16.0 Å². The van der Waals surface area contributed by atoms with Crippen LogP contribution in [0.15, 0.2) is 65.2 Å². The van der Waals surface area contributed by atoms with Gasteiger partial charge in [-0.3, -0.25) is 14.4 Å². The van der Waals surface area contributed by atoms with Gasteiger partial charge in [0, 0.05) is 109 Å². The lowest BCUT2D eigenvalue weighted by Gasteiger charge is -2.37. The Morgan fingerprint density at radius 1 is 0.505 bits per heavy atom. The number of hydrogen-bond acceptors (Lipinski definition) is 16. The van der Waals surface area contributed by atoms with Crippen molar-refractivity contribution in [1.82, 2.24) is 55.0 Å². The van der Waals surface area contributed by atoms with E-state index in [0.29, 0.717) is 106 Å². The quantitative estimate of drug-likeness (QED) is 0.0633. The van der Waals surface area contributed by atoms with E-state index in [9.17, 15) is 54.7 Å². The van der Waals surface area contributed by atoms with Crippen LogP contribution in [-0.2, 0) is 27.2 Å². The lowest BCUT2D eigenvalue weighted by Crippen LogP contribution is -2.52. The number of halogens is 10. The maximum atomic E-state index is 14.4. The molecule has 4 amide bonds. The number of nitrogens with zero attached hydrogens (tertiary/aromatic N) is 13. The van der Waals surface area contributed by atoms with E-state index in [4.69, 9.17) is 40.5 Å². The zero-order chi connectivity index (χ0) is 66.6. The van der Waals surface area contributed by atoms with Gasteiger partial charge in [-0.15, -0.1) is 0 Å². The van der Waals surface area contributed by atoms with Crippen molar-refractivity contribution >= 4 is 115 Å². The maximum Gasteiger partial charge on any atom is 0.341 e. The number of rotatable bonds is 13. The van der Waals surface area contributed by atoms with Gasteiger partial charge >= 0.3 is 12.1 Å². The summed E-state index contributed by atoms with van der Waals surface area (Å²) in [4.78, 5) is 87.8. The topological polar surface area (TPSA) is 242 Å². The van der Waals surface area contributed by atoms with Gasteiger partial charge < -0.3 is 25.8 Å². The summed E-state index contributed by atoms with van der Waals surface area (Å²) in [7, 11) is 0. The number of benzene rings is 2. The minimum atomic E-state index is -0.707. The van der Waals surface area contributed by atoms with E-state index in [1.165, 1.54) is 72.8 Å². The van der Waals surface area contributed by atoms with Crippen LogP contribution >= 0.6 is 61.8 Å². The Kier molecular flexibility index (Phi) is 31.1. The third-order valence-electron chi connectivity index (χ3n) is 16.8. The molecule has 516 valence electrons. The van der Waals surface area contributed by atoms with Crippen molar-refractivity contribution in [3.05, 3.63) is 129 Å². The number of ketones is 2. The highest BCUT2D eigenvalue weighted by Crippen LogP contribution is 2.34. The molecule has 7 heterocycles. The Hall–Kier alpha value is -6.79. The van der Waals surface area contributed by atoms with Crippen molar-refractivity contribution in [2.45, 2.75) is 134 Å². The van der Waals surface area contributed by atoms with Gasteiger partial charge in [-0.25, -0.2) is 75.3 Å². The summed E-state index contributed by atoms with van der Waals surface area (Å²) in [6, 6.07) is 4.92. The summed E-state index contributed by atoms with van der Waals surface area (Å²) < 4.78 is 94.0. The molecule has 0 bridgehead atoms. The van der Waals surface area contributed by atoms with Gasteiger partial charge in [0.05, 0.1) is 54.9 Å². The minimum absolute atomic E-state index is 0. The van der Waals surface area contributed by atoms with Crippen LogP contribution in [0.1, 0.15) is 144 Å². The Bertz CT molecular complexity index is 3420. The Labute approximate surface area is 575 Å². The highest BCUT2D eigenvalue weighted by molar-refractivity contribution is 7.59. The van der Waals surface area contributed by atoms with Gasteiger partial charge in [0.2, 0.25) is 21.8 Å². The van der Waals surface area contributed by atoms with Gasteiger partial charge in [-0.1, -0.05) is 64.2 Å². The van der Waals surface area contributed by atoms with Gasteiger partial charge in [0.25, 0.3) is 0 Å². The number of hydrogen-bond donors (Lipinski definition) is 2. The summed E-state index contributed by atoms with van der Waals surface area (Å²) >= 11 is 16.0. The number of amides is 4. The molecule has 0 radical (unpaired) electrons. The molecule has 3 N–H and O–H groups in total. The fraction of sp³-hybridized carbons (Fsp3) is 0.508. The molecular formula is C63H77Cl3F7N15O5S2. The van der Waals surface area contributed by atoms with E-state index in [0.717, 1.165) is 82.3 Å². The van der Waals surface area contributed by atoms with Gasteiger partial charge in [-0.2, -0.15) is 42.2 Å². The third kappa shape index (κ3) is 23.8. The largest absolute Gasteiger partial charge is 0.381 e. The number of carbonyl (C=O) groups excluding carboxylic acids is 5. The van der Waals surface area contributed by atoms with Crippen molar-refractivity contribution in [2.75, 3.05) is 63.0 Å². The number of nitrogens with two attached hydrogens (primary N) is 1. The first-order valence-electron chi connectivity index (χ1n) is 31.1. The van der Waals surface area contributed by atoms with Gasteiger partial charge in [0.15, 0.2) is 23.3 Å². The number of urea groups is 2. The number of Topliss-reactive ketones (excluding diaryl/α,β-unsaturated/α-hetero) is 2. The SMILES string of the molecule is Nc1nc(Cl)ncc1F.O=C(Cc1nc(Cl)ncc1F)CC1CCCC1.O=C(Cc1nc(N2CCN(C(=O)N3N=CC[C@H]3c3cc(F)cc(F)c3)CC2)ncc1F)CC1CCCC1.O=C(Cl)CC1CCCC1.O=C(N1CCNCC1)N1N=CC[C@H]1c1cc(F)cc(F)c1.S.S. The molecule has 20 nitrogen and oxygen atoms in total. The summed E-state index contributed by atoms with van der Waals surface area (Å²) in [6.07, 6.45) is 22.6. The van der Waals surface area contributed by atoms with E-state index in [1.54, 1.807) is 22.2 Å². The normalized spacial score (nSPS) is 18.5. The van der Waals surface area contributed by atoms with Gasteiger partial charge in [0.1, 0.15) is 34.8 Å². The first-order valence-corrected chi connectivity index (χ1v) is 32.2. The Morgan fingerprint density at radius 2 is 0.895 bits per heavy atom. The number of carbonyl (C=O) groups is 5. The van der Waals surface area contributed by atoms with Crippen LogP contribution in [0.4, 0.5) is 52.1 Å². The van der Waals surface area contributed by atoms with Crippen molar-refractivity contribution in [3.8, 4) is 0 Å². The van der Waals surface area contributed by atoms with Crippen molar-refractivity contribution in [3.63, 3.8) is 0 Å². The molecule has 3 saturated carbocycles. The molecule has 2 atom stereocenters. The molecule has 95 heavy (non-hydrogen) atoms. The van der Waals surface area contributed by atoms with Crippen LogP contribution in [0.2, 0.25) is 10.6 Å². The molecule has 12 rings (SSSR count). The molecule has 0 unspecified atom stereocenters. The summed E-state index contributed by atoms with van der Waals surface area (Å²) in [5.74, 6) is -2.92. The standard InChI is InChI=1S/C26H29F3N6O2.C14H16F2N4O.C12H14ClFN2O.C7H11ClO.C4H3ClFN3.2H2S/c27-19-12-18(13-20(28)14-19)24-5-6-31-35(24)26(37)34-9-7-33(8-10-34)25-30-16-22(29)23(32-25)15-21(36)11-17-3-1-2-4-17;15-11-7-10(8-12(16)9-11)13-1-2-18-20(13)14(21)19-5-3-17-4-6-19;13-12-15-7-10(14)11(16-12)6-9(17)5-8-3-1-2-4-8;8-7(9)5-6-3-1-2-4-6;5-4-8-1-2(6)3(7)9-4;;/h6,12-14,16-17,24H,1-5,7-11,15H2;2,7-9,13,17H,1,3-6H2;7-8H,1-6H2;6H,1-5H2;1H,(H2,7,8,9);2*1H2/t24-;13-;;;;;/m00...../s1. The van der Waals surface area contributed by atoms with Crippen molar-refractivity contribution < 1.29 is 54.7 Å². The average molecular weight is 1430 g/mol. The molecule has 5 fully saturated rings. The van der Waals surface area contributed by atoms with Crippen LogP contribution in [0.25, 0.3) is 0 Å². The minimum Gasteiger partial charge on any atom is -0.381 e. The fourth-order valence-corrected chi connectivity index (χ4v) is 12.6. The van der Waals surface area contributed by atoms with E-state index >= 15 is 0 Å². The van der Waals surface area contributed by atoms with Crippen LogP contribution in [0.5, 0.6) is 0 Å². The molecule has 3 aliphatic carbocycles. The van der Waals surface area contributed by atoms with Crippen LogP contribution in [0.3, 0.4) is 0 Å². The summed E-state index contributed by atoms with van der Waals surface area (Å²) in [5, 5.41) is 13.7. The van der Waals surface area contributed by atoms with E-state index in [1.807, 2.05) is 4.90 Å². The van der Waals surface area contributed by atoms with Crippen molar-refractivity contribution in [2.24, 2.45) is 28.0 Å². The highest BCUT2D eigenvalue weighted by Gasteiger charge is 2.36. The predicted octanol–water partition coefficient (Wildman–Crippen LogP) is 12.4. The zero-order valence-electron chi connectivity index (χ0n) is 52.0. The molecule has 0 spiro atoms. The number of piperazine rings is 2. The summed E-state index contributed by atoms with van der Waals surface area (Å²) in [6.45, 7) is 4.18. The van der Waals surface area contributed by atoms with Crippen LogP contribution in [0, 0.1) is 58.5 Å². The number of nitrogens with one attached hydrogen (secondary N) is 1. The maximum absolute atomic E-state index is 14.4. The Morgan fingerprint density at radius 3 is 1.32 bits per heavy atom. The van der Waals surface area contributed by atoms with Crippen molar-refractivity contribution in [1.29, 1.82) is 0 Å². The third-order valence-corrected chi connectivity index (χ3v) is 17.3. The zero-order valence-corrected chi connectivity index (χ0v) is 56.3. The average Bonchev–Trinajstić information content (AvgIpc) is 1.83. The molecule has 2 saturated heterocycles. The molecule has 32 heteroatoms. The number of anilines is 2. The second-order valence-electron chi connectivity index (χ2n) is 23.6. The molecule has 5 aromatic rings. The number of aromatic nitrogens is 6. The molecule has 7 aliphatic rings. The smallest absolute Gasteiger partial charge is 0.341 e. The second kappa shape index (κ2) is 38.2. The summed E-state index contributed by atoms with van der Waals surface area (Å²) in [5.41, 5.74) is 5.98. The first-order chi connectivity index (χ1) is 44.7. The predicted molar refractivity (Wildman–Crippen MR) is 356 cm³/mol. The Balaban J connectivity index is 0.000000208. The first kappa shape index (κ1) is 77.2. The lowest BCUT2D eigenvalue weighted by atomic mass is 9.99. The fourth-order valence-electron chi connectivity index (χ4n) is 12.1. The number of hydrazone groups is 2. The van der Waals surface area contributed by atoms with E-state index in [-0.39, 0.29) is 96.5 Å². The molecule has 4 aliphatic heterocycles. The highest BCUT2D eigenvalue weighted by atomic mass is 35.5. The van der Waals surface area contributed by atoms with E-state index < -0.39 is 52.8 Å². The monoisotopic (exact) mass is 1430 g/mol. The number of nitrogen functional groups attached to an aromatic ring is 1. The van der Waals surface area contributed by atoms with Crippen LogP contribution in [-0.4, -0.2) is 143 Å².